The topological polar surface area (TPSA) is 77.2 Å². The summed E-state index contributed by atoms with van der Waals surface area (Å²) in [6, 6.07) is 3.84. The molecule has 1 unspecified atom stereocenters. The van der Waals surface area contributed by atoms with Gasteiger partial charge in [-0.2, -0.15) is 0 Å². The SMILES string of the molecule is COC(CN)CC(=O)NCc1ncccc1C.Cl.Cl. The first-order valence-corrected chi connectivity index (χ1v) is 5.57. The third-order valence-corrected chi connectivity index (χ3v) is 2.58. The molecule has 0 bridgehead atoms. The average molecular weight is 310 g/mol. The first kappa shape index (κ1) is 20.4. The van der Waals surface area contributed by atoms with Crippen molar-refractivity contribution >= 4 is 30.7 Å². The molecule has 0 radical (unpaired) electrons. The van der Waals surface area contributed by atoms with E-state index in [-0.39, 0.29) is 43.2 Å². The van der Waals surface area contributed by atoms with Gasteiger partial charge in [0.15, 0.2) is 0 Å². The van der Waals surface area contributed by atoms with Crippen LogP contribution in [0.1, 0.15) is 17.7 Å². The lowest BCUT2D eigenvalue weighted by atomic mass is 10.2. The van der Waals surface area contributed by atoms with E-state index in [0.29, 0.717) is 13.1 Å². The van der Waals surface area contributed by atoms with Crippen molar-refractivity contribution in [2.45, 2.75) is 26.0 Å². The lowest BCUT2D eigenvalue weighted by molar-refractivity contribution is -0.123. The minimum atomic E-state index is -0.222. The maximum absolute atomic E-state index is 11.6. The molecule has 5 nitrogen and oxygen atoms in total. The van der Waals surface area contributed by atoms with E-state index >= 15 is 0 Å². The van der Waals surface area contributed by atoms with E-state index in [1.165, 1.54) is 0 Å². The molecule has 1 atom stereocenters. The number of hydrogen-bond donors (Lipinski definition) is 2. The molecule has 0 saturated heterocycles. The highest BCUT2D eigenvalue weighted by Crippen LogP contribution is 2.02. The summed E-state index contributed by atoms with van der Waals surface area (Å²) >= 11 is 0. The average Bonchev–Trinajstić information content (AvgIpc) is 2.35. The molecule has 1 heterocycles. The molecular formula is C12H21Cl2N3O2. The van der Waals surface area contributed by atoms with E-state index in [9.17, 15) is 4.79 Å². The van der Waals surface area contributed by atoms with Crippen molar-refractivity contribution in [2.75, 3.05) is 13.7 Å². The normalized spacial score (nSPS) is 10.9. The van der Waals surface area contributed by atoms with E-state index in [0.717, 1.165) is 11.3 Å². The minimum Gasteiger partial charge on any atom is -0.380 e. The van der Waals surface area contributed by atoms with Crippen LogP contribution in [0.4, 0.5) is 0 Å². The molecule has 19 heavy (non-hydrogen) atoms. The predicted octanol–water partition coefficient (Wildman–Crippen LogP) is 1.21. The summed E-state index contributed by atoms with van der Waals surface area (Å²) in [7, 11) is 1.55. The maximum Gasteiger partial charge on any atom is 0.222 e. The zero-order valence-corrected chi connectivity index (χ0v) is 12.7. The van der Waals surface area contributed by atoms with Crippen molar-refractivity contribution < 1.29 is 9.53 Å². The number of methoxy groups -OCH3 is 1. The number of amides is 1. The van der Waals surface area contributed by atoms with Crippen molar-refractivity contribution in [3.63, 3.8) is 0 Å². The van der Waals surface area contributed by atoms with Crippen LogP contribution in [0.5, 0.6) is 0 Å². The highest BCUT2D eigenvalue weighted by atomic mass is 35.5. The Labute approximate surface area is 126 Å². The maximum atomic E-state index is 11.6. The Morgan fingerprint density at radius 3 is 2.74 bits per heavy atom. The number of hydrogen-bond acceptors (Lipinski definition) is 4. The lowest BCUT2D eigenvalue weighted by Gasteiger charge is -2.12. The van der Waals surface area contributed by atoms with Crippen LogP contribution < -0.4 is 11.1 Å². The Bertz CT molecular complexity index is 374. The largest absolute Gasteiger partial charge is 0.380 e. The molecule has 0 spiro atoms. The third kappa shape index (κ3) is 7.32. The number of ether oxygens (including phenoxy) is 1. The number of rotatable bonds is 6. The second-order valence-electron chi connectivity index (χ2n) is 3.84. The molecular weight excluding hydrogens is 289 g/mol. The van der Waals surface area contributed by atoms with Crippen molar-refractivity contribution in [2.24, 2.45) is 5.73 Å². The molecule has 0 aliphatic carbocycles. The number of carbonyl (C=O) groups excluding carboxylic acids is 1. The summed E-state index contributed by atoms with van der Waals surface area (Å²) < 4.78 is 5.04. The molecule has 1 amide bonds. The van der Waals surface area contributed by atoms with Crippen LogP contribution in [0.2, 0.25) is 0 Å². The van der Waals surface area contributed by atoms with Gasteiger partial charge in [0, 0.05) is 19.9 Å². The summed E-state index contributed by atoms with van der Waals surface area (Å²) in [5.41, 5.74) is 7.39. The predicted molar refractivity (Wildman–Crippen MR) is 79.8 cm³/mol. The smallest absolute Gasteiger partial charge is 0.222 e. The Balaban J connectivity index is 0. The highest BCUT2D eigenvalue weighted by molar-refractivity contribution is 5.85. The summed E-state index contributed by atoms with van der Waals surface area (Å²) in [5.74, 6) is -0.0765. The number of aryl methyl sites for hydroxylation is 1. The van der Waals surface area contributed by atoms with Gasteiger partial charge in [0.05, 0.1) is 24.8 Å². The number of pyridine rings is 1. The van der Waals surface area contributed by atoms with Gasteiger partial charge >= 0.3 is 0 Å². The van der Waals surface area contributed by atoms with Gasteiger partial charge in [0.25, 0.3) is 0 Å². The number of nitrogens with one attached hydrogen (secondary N) is 1. The van der Waals surface area contributed by atoms with Crippen molar-refractivity contribution in [1.82, 2.24) is 10.3 Å². The van der Waals surface area contributed by atoms with Crippen molar-refractivity contribution in [1.29, 1.82) is 0 Å². The first-order valence-electron chi connectivity index (χ1n) is 5.57. The monoisotopic (exact) mass is 309 g/mol. The molecule has 0 saturated carbocycles. The van der Waals surface area contributed by atoms with E-state index in [4.69, 9.17) is 10.5 Å². The van der Waals surface area contributed by atoms with Gasteiger partial charge in [-0.15, -0.1) is 24.8 Å². The molecule has 7 heteroatoms. The molecule has 0 aliphatic heterocycles. The van der Waals surface area contributed by atoms with Gasteiger partial charge in [-0.05, 0) is 18.6 Å². The lowest BCUT2D eigenvalue weighted by Crippen LogP contribution is -2.32. The minimum absolute atomic E-state index is 0. The summed E-state index contributed by atoms with van der Waals surface area (Å²) in [4.78, 5) is 15.8. The van der Waals surface area contributed by atoms with Crippen LogP contribution in [0, 0.1) is 6.92 Å². The number of nitrogens with two attached hydrogens (primary N) is 1. The molecule has 0 fully saturated rings. The quantitative estimate of drug-likeness (QED) is 0.828. The van der Waals surface area contributed by atoms with Crippen molar-refractivity contribution in [3.05, 3.63) is 29.6 Å². The molecule has 1 rings (SSSR count). The summed E-state index contributed by atoms with van der Waals surface area (Å²) in [6.07, 6.45) is 1.77. The van der Waals surface area contributed by atoms with Crippen LogP contribution in [0.25, 0.3) is 0 Å². The first-order chi connectivity index (χ1) is 8.17. The van der Waals surface area contributed by atoms with Gasteiger partial charge in [0.2, 0.25) is 5.91 Å². The number of halogens is 2. The Morgan fingerprint density at radius 2 is 2.21 bits per heavy atom. The van der Waals surface area contributed by atoms with E-state index in [2.05, 4.69) is 10.3 Å². The van der Waals surface area contributed by atoms with E-state index in [1.807, 2.05) is 19.1 Å². The van der Waals surface area contributed by atoms with Crippen LogP contribution in [0.15, 0.2) is 18.3 Å². The van der Waals surface area contributed by atoms with Crippen LogP contribution >= 0.6 is 24.8 Å². The number of aromatic nitrogens is 1. The zero-order valence-electron chi connectivity index (χ0n) is 11.1. The highest BCUT2D eigenvalue weighted by Gasteiger charge is 2.11. The number of nitrogens with zero attached hydrogens (tertiary/aromatic N) is 1. The summed E-state index contributed by atoms with van der Waals surface area (Å²) in [6.45, 7) is 2.74. The van der Waals surface area contributed by atoms with Gasteiger partial charge < -0.3 is 15.8 Å². The molecule has 1 aromatic rings. The fourth-order valence-electron chi connectivity index (χ4n) is 1.43. The number of carbonyl (C=O) groups is 1. The molecule has 1 aromatic heterocycles. The van der Waals surface area contributed by atoms with E-state index in [1.54, 1.807) is 13.3 Å². The summed E-state index contributed by atoms with van der Waals surface area (Å²) in [5, 5.41) is 2.80. The molecule has 3 N–H and O–H groups in total. The molecule has 0 aromatic carbocycles. The second kappa shape index (κ2) is 11.0. The Morgan fingerprint density at radius 1 is 1.53 bits per heavy atom. The fraction of sp³-hybridized carbons (Fsp3) is 0.500. The van der Waals surface area contributed by atoms with Crippen LogP contribution in [-0.4, -0.2) is 30.6 Å². The third-order valence-electron chi connectivity index (χ3n) is 2.58. The molecule has 0 aliphatic rings. The fourth-order valence-corrected chi connectivity index (χ4v) is 1.43. The Hall–Kier alpha value is -0.880. The van der Waals surface area contributed by atoms with Gasteiger partial charge in [-0.25, -0.2) is 0 Å². The second-order valence-corrected chi connectivity index (χ2v) is 3.84. The van der Waals surface area contributed by atoms with Gasteiger partial charge in [-0.1, -0.05) is 6.07 Å². The van der Waals surface area contributed by atoms with Crippen LogP contribution in [-0.2, 0) is 16.1 Å². The van der Waals surface area contributed by atoms with Gasteiger partial charge in [0.1, 0.15) is 0 Å². The standard InChI is InChI=1S/C12H19N3O2.2ClH/c1-9-4-3-5-14-11(9)8-15-12(16)6-10(7-13)17-2;;/h3-5,10H,6-8,13H2,1-2H3,(H,15,16);2*1H. The zero-order chi connectivity index (χ0) is 12.7. The van der Waals surface area contributed by atoms with Crippen LogP contribution in [0.3, 0.4) is 0 Å². The molecule has 110 valence electrons. The van der Waals surface area contributed by atoms with E-state index < -0.39 is 0 Å². The van der Waals surface area contributed by atoms with Gasteiger partial charge in [-0.3, -0.25) is 9.78 Å². The van der Waals surface area contributed by atoms with Crippen molar-refractivity contribution in [3.8, 4) is 0 Å². The Kier molecular flexibility index (Phi) is 11.8.